The highest BCUT2D eigenvalue weighted by Crippen LogP contribution is 2.10. The number of amides is 1. The highest BCUT2D eigenvalue weighted by Gasteiger charge is 2.08. The molecule has 0 saturated heterocycles. The summed E-state index contributed by atoms with van der Waals surface area (Å²) in [6, 6.07) is 7.55. The third-order valence-electron chi connectivity index (χ3n) is 2.54. The van der Waals surface area contributed by atoms with Crippen molar-refractivity contribution in [2.45, 2.75) is 6.42 Å². The average molecular weight is 355 g/mol. The van der Waals surface area contributed by atoms with Crippen LogP contribution in [0.3, 0.4) is 0 Å². The van der Waals surface area contributed by atoms with Crippen molar-refractivity contribution in [2.24, 2.45) is 7.05 Å². The van der Waals surface area contributed by atoms with Gasteiger partial charge in [-0.15, -0.1) is 0 Å². The van der Waals surface area contributed by atoms with Gasteiger partial charge in [-0.3, -0.25) is 4.79 Å². The van der Waals surface area contributed by atoms with Crippen LogP contribution in [-0.4, -0.2) is 22.0 Å². The molecule has 94 valence electrons. The van der Waals surface area contributed by atoms with Crippen molar-refractivity contribution >= 4 is 28.5 Å². The van der Waals surface area contributed by atoms with Crippen LogP contribution in [0.4, 0.5) is 0 Å². The first kappa shape index (κ1) is 13.1. The summed E-state index contributed by atoms with van der Waals surface area (Å²) in [6.07, 6.45) is 4.46. The fourth-order valence-electron chi connectivity index (χ4n) is 1.64. The normalized spacial score (nSPS) is 10.3. The summed E-state index contributed by atoms with van der Waals surface area (Å²) >= 11 is 2.17. The molecule has 0 fully saturated rings. The lowest BCUT2D eigenvalue weighted by Crippen LogP contribution is -2.26. The summed E-state index contributed by atoms with van der Waals surface area (Å²) in [5, 5.41) is 2.90. The smallest absolute Gasteiger partial charge is 0.252 e. The van der Waals surface area contributed by atoms with Crippen LogP contribution in [0.1, 0.15) is 16.1 Å². The van der Waals surface area contributed by atoms with Crippen molar-refractivity contribution in [1.82, 2.24) is 14.9 Å². The van der Waals surface area contributed by atoms with Crippen LogP contribution in [-0.2, 0) is 13.5 Å². The highest BCUT2D eigenvalue weighted by molar-refractivity contribution is 14.1. The summed E-state index contributed by atoms with van der Waals surface area (Å²) in [4.78, 5) is 16.1. The minimum Gasteiger partial charge on any atom is -0.352 e. The molecule has 0 aliphatic carbocycles. The molecular weight excluding hydrogens is 341 g/mol. The second-order valence-electron chi connectivity index (χ2n) is 4.02. The van der Waals surface area contributed by atoms with E-state index in [0.29, 0.717) is 6.54 Å². The zero-order chi connectivity index (χ0) is 13.0. The van der Waals surface area contributed by atoms with E-state index in [4.69, 9.17) is 0 Å². The van der Waals surface area contributed by atoms with Gasteiger partial charge in [-0.2, -0.15) is 0 Å². The van der Waals surface area contributed by atoms with Crippen LogP contribution < -0.4 is 5.32 Å². The van der Waals surface area contributed by atoms with Crippen LogP contribution in [0.15, 0.2) is 36.8 Å². The van der Waals surface area contributed by atoms with E-state index < -0.39 is 0 Å². The Morgan fingerprint density at radius 1 is 1.44 bits per heavy atom. The van der Waals surface area contributed by atoms with Gasteiger partial charge in [0.1, 0.15) is 0 Å². The fourth-order valence-corrected chi connectivity index (χ4v) is 2.27. The fraction of sp³-hybridized carbons (Fsp3) is 0.231. The first-order valence-electron chi connectivity index (χ1n) is 5.66. The predicted molar refractivity (Wildman–Crippen MR) is 78.4 cm³/mol. The molecule has 0 saturated carbocycles. The summed E-state index contributed by atoms with van der Waals surface area (Å²) in [6.45, 7) is 0.598. The first-order chi connectivity index (χ1) is 8.66. The molecule has 0 radical (unpaired) electrons. The summed E-state index contributed by atoms with van der Waals surface area (Å²) in [5.41, 5.74) is 1.71. The van der Waals surface area contributed by atoms with E-state index in [9.17, 15) is 4.79 Å². The minimum absolute atomic E-state index is 0.0315. The van der Waals surface area contributed by atoms with Gasteiger partial charge in [-0.1, -0.05) is 12.1 Å². The Bertz CT molecular complexity index is 551. The van der Waals surface area contributed by atoms with Crippen LogP contribution >= 0.6 is 22.6 Å². The lowest BCUT2D eigenvalue weighted by atomic mass is 10.2. The number of imidazole rings is 1. The summed E-state index contributed by atoms with van der Waals surface area (Å²) in [5.74, 6) is -0.0315. The molecule has 1 N–H and O–H groups in total. The van der Waals surface area contributed by atoms with Gasteiger partial charge in [0.25, 0.3) is 5.91 Å². The molecule has 0 unspecified atom stereocenters. The molecule has 0 atom stereocenters. The first-order valence-corrected chi connectivity index (χ1v) is 6.74. The van der Waals surface area contributed by atoms with E-state index in [1.165, 1.54) is 0 Å². The highest BCUT2D eigenvalue weighted by atomic mass is 127. The number of hydrogen-bond acceptors (Lipinski definition) is 2. The van der Waals surface area contributed by atoms with Crippen LogP contribution in [0.2, 0.25) is 0 Å². The van der Waals surface area contributed by atoms with Gasteiger partial charge in [0, 0.05) is 29.8 Å². The molecule has 0 bridgehead atoms. The molecule has 4 nitrogen and oxygen atoms in total. The molecule has 0 spiro atoms. The van der Waals surface area contributed by atoms with Gasteiger partial charge in [-0.25, -0.2) is 4.98 Å². The van der Waals surface area contributed by atoms with E-state index in [0.717, 1.165) is 21.2 Å². The molecule has 2 aromatic rings. The topological polar surface area (TPSA) is 46.9 Å². The van der Waals surface area contributed by atoms with Gasteiger partial charge < -0.3 is 9.88 Å². The number of nitrogens with one attached hydrogen (secondary N) is 1. The molecular formula is C13H14IN3O. The van der Waals surface area contributed by atoms with E-state index in [-0.39, 0.29) is 5.91 Å². The molecule has 1 aromatic carbocycles. The Hall–Kier alpha value is -1.37. The summed E-state index contributed by atoms with van der Waals surface area (Å²) < 4.78 is 2.86. The van der Waals surface area contributed by atoms with Crippen LogP contribution in [0, 0.1) is 3.57 Å². The van der Waals surface area contributed by atoms with Crippen LogP contribution in [0.5, 0.6) is 0 Å². The number of aryl methyl sites for hydroxylation is 1. The molecule has 0 aliphatic rings. The lowest BCUT2D eigenvalue weighted by Gasteiger charge is -2.05. The quantitative estimate of drug-likeness (QED) is 0.853. The maximum atomic E-state index is 11.9. The monoisotopic (exact) mass is 355 g/mol. The van der Waals surface area contributed by atoms with E-state index >= 15 is 0 Å². The maximum Gasteiger partial charge on any atom is 0.252 e. The minimum atomic E-state index is -0.0315. The zero-order valence-electron chi connectivity index (χ0n) is 10.1. The molecule has 5 heteroatoms. The SMILES string of the molecule is Cn1cnc(CCNC(=O)c2ccccc2I)c1. The zero-order valence-corrected chi connectivity index (χ0v) is 12.2. The third kappa shape index (κ3) is 3.32. The number of halogens is 1. The van der Waals surface area contributed by atoms with Crippen molar-refractivity contribution in [1.29, 1.82) is 0 Å². The third-order valence-corrected chi connectivity index (χ3v) is 3.48. The van der Waals surface area contributed by atoms with Crippen LogP contribution in [0.25, 0.3) is 0 Å². The Labute approximate surface area is 120 Å². The summed E-state index contributed by atoms with van der Waals surface area (Å²) in [7, 11) is 1.93. The molecule has 18 heavy (non-hydrogen) atoms. The van der Waals surface area contributed by atoms with E-state index in [2.05, 4.69) is 32.9 Å². The lowest BCUT2D eigenvalue weighted by molar-refractivity contribution is 0.0953. The van der Waals surface area contributed by atoms with E-state index in [1.807, 2.05) is 42.1 Å². The van der Waals surface area contributed by atoms with Crippen molar-refractivity contribution in [2.75, 3.05) is 6.54 Å². The molecule has 1 amide bonds. The molecule has 0 aliphatic heterocycles. The average Bonchev–Trinajstić information content (AvgIpc) is 2.75. The Morgan fingerprint density at radius 2 is 2.22 bits per heavy atom. The maximum absolute atomic E-state index is 11.9. The second-order valence-corrected chi connectivity index (χ2v) is 5.18. The predicted octanol–water partition coefficient (Wildman–Crippen LogP) is 2.00. The van der Waals surface area contributed by atoms with Crippen molar-refractivity contribution in [3.8, 4) is 0 Å². The number of carbonyl (C=O) groups is 1. The Balaban J connectivity index is 1.87. The van der Waals surface area contributed by atoms with Gasteiger partial charge in [0.05, 0.1) is 17.6 Å². The van der Waals surface area contributed by atoms with E-state index in [1.54, 1.807) is 6.33 Å². The largest absolute Gasteiger partial charge is 0.352 e. The van der Waals surface area contributed by atoms with Gasteiger partial charge >= 0.3 is 0 Å². The van der Waals surface area contributed by atoms with Gasteiger partial charge in [0.2, 0.25) is 0 Å². The Kier molecular flexibility index (Phi) is 4.35. The number of rotatable bonds is 4. The number of hydrogen-bond donors (Lipinski definition) is 1. The van der Waals surface area contributed by atoms with Gasteiger partial charge in [0.15, 0.2) is 0 Å². The molecule has 1 heterocycles. The van der Waals surface area contributed by atoms with Crippen molar-refractivity contribution in [3.63, 3.8) is 0 Å². The van der Waals surface area contributed by atoms with Crippen molar-refractivity contribution in [3.05, 3.63) is 51.6 Å². The second kappa shape index (κ2) is 5.99. The number of carbonyl (C=O) groups excluding carboxylic acids is 1. The number of aromatic nitrogens is 2. The molecule has 2 rings (SSSR count). The Morgan fingerprint density at radius 3 is 2.89 bits per heavy atom. The molecule has 1 aromatic heterocycles. The van der Waals surface area contributed by atoms with Gasteiger partial charge in [-0.05, 0) is 34.7 Å². The number of nitrogens with zero attached hydrogens (tertiary/aromatic N) is 2. The number of benzene rings is 1. The van der Waals surface area contributed by atoms with Crippen molar-refractivity contribution < 1.29 is 4.79 Å². The standard InChI is InChI=1S/C13H14IN3O/c1-17-8-10(16-9-17)6-7-15-13(18)11-4-2-3-5-12(11)14/h2-5,8-9H,6-7H2,1H3,(H,15,18).